The molecule has 0 aromatic heterocycles. The van der Waals surface area contributed by atoms with Crippen molar-refractivity contribution >= 4 is 15.9 Å². The van der Waals surface area contributed by atoms with Crippen LogP contribution in [0.3, 0.4) is 0 Å². The number of allylic oxidation sites excluding steroid dienone is 2. The zero-order chi connectivity index (χ0) is 9.15. The molecule has 1 saturated carbocycles. The van der Waals surface area contributed by atoms with E-state index < -0.39 is 0 Å². The Morgan fingerprint density at radius 2 is 2.08 bits per heavy atom. The molecule has 13 heavy (non-hydrogen) atoms. The Labute approximate surface area is 89.9 Å². The molecule has 1 heteroatoms. The lowest BCUT2D eigenvalue weighted by molar-refractivity contribution is 0.228. The molecule has 2 aliphatic rings. The quantitative estimate of drug-likeness (QED) is 0.496. The highest BCUT2D eigenvalue weighted by atomic mass is 79.9. The first kappa shape index (κ1) is 9.76. The van der Waals surface area contributed by atoms with Crippen LogP contribution in [0.2, 0.25) is 0 Å². The molecule has 74 valence electrons. The molecule has 0 saturated heterocycles. The predicted molar refractivity (Wildman–Crippen MR) is 61.2 cm³/mol. The lowest BCUT2D eigenvalue weighted by Crippen LogP contribution is -2.29. The zero-order valence-corrected chi connectivity index (χ0v) is 9.91. The molecule has 2 rings (SSSR count). The van der Waals surface area contributed by atoms with Gasteiger partial charge in [-0.3, -0.25) is 0 Å². The summed E-state index contributed by atoms with van der Waals surface area (Å²) in [5.74, 6) is 0. The fraction of sp³-hybridized carbons (Fsp3) is 0.833. The minimum absolute atomic E-state index is 0.639. The van der Waals surface area contributed by atoms with Crippen LogP contribution in [0.15, 0.2) is 11.6 Å². The SMILES string of the molecule is BrCCC12CCCC=C1CCCC2. The molecule has 1 unspecified atom stereocenters. The van der Waals surface area contributed by atoms with E-state index in [9.17, 15) is 0 Å². The van der Waals surface area contributed by atoms with Gasteiger partial charge in [0.15, 0.2) is 0 Å². The van der Waals surface area contributed by atoms with Crippen LogP contribution in [0.5, 0.6) is 0 Å². The highest BCUT2D eigenvalue weighted by Crippen LogP contribution is 2.49. The van der Waals surface area contributed by atoms with Gasteiger partial charge in [-0.25, -0.2) is 0 Å². The first-order valence-corrected chi connectivity index (χ1v) is 6.75. The van der Waals surface area contributed by atoms with Crippen molar-refractivity contribution in [2.45, 2.75) is 51.4 Å². The maximum Gasteiger partial charge on any atom is 0.00396 e. The number of rotatable bonds is 2. The minimum Gasteiger partial charge on any atom is -0.0928 e. The second-order valence-corrected chi connectivity index (χ2v) is 5.34. The molecular weight excluding hydrogens is 224 g/mol. The molecule has 2 aliphatic carbocycles. The Morgan fingerprint density at radius 3 is 2.92 bits per heavy atom. The third kappa shape index (κ3) is 1.86. The minimum atomic E-state index is 0.639. The van der Waals surface area contributed by atoms with Crippen LogP contribution in [-0.4, -0.2) is 5.33 Å². The van der Waals surface area contributed by atoms with Gasteiger partial charge in [-0.2, -0.15) is 0 Å². The second kappa shape index (κ2) is 4.16. The topological polar surface area (TPSA) is 0 Å². The highest BCUT2D eigenvalue weighted by molar-refractivity contribution is 9.09. The Morgan fingerprint density at radius 1 is 1.23 bits per heavy atom. The smallest absolute Gasteiger partial charge is 0.00396 e. The Bertz CT molecular complexity index is 203. The van der Waals surface area contributed by atoms with Gasteiger partial charge in [0.1, 0.15) is 0 Å². The maximum absolute atomic E-state index is 3.61. The Balaban J connectivity index is 2.18. The van der Waals surface area contributed by atoms with E-state index in [1.165, 1.54) is 56.7 Å². The summed E-state index contributed by atoms with van der Waals surface area (Å²) in [4.78, 5) is 0. The standard InChI is InChI=1S/C12H19Br/c13-10-9-12-7-3-1-5-11(12)6-2-4-8-12/h5H,1-4,6-10H2. The van der Waals surface area contributed by atoms with Gasteiger partial charge in [-0.1, -0.05) is 34.0 Å². The van der Waals surface area contributed by atoms with Gasteiger partial charge in [-0.15, -0.1) is 0 Å². The summed E-state index contributed by atoms with van der Waals surface area (Å²) in [5.41, 5.74) is 2.45. The van der Waals surface area contributed by atoms with Gasteiger partial charge >= 0.3 is 0 Å². The van der Waals surface area contributed by atoms with Crippen molar-refractivity contribution in [3.8, 4) is 0 Å². The maximum atomic E-state index is 3.61. The fourth-order valence-electron chi connectivity index (χ4n) is 3.12. The number of hydrogen-bond donors (Lipinski definition) is 0. The van der Waals surface area contributed by atoms with Gasteiger partial charge < -0.3 is 0 Å². The summed E-state index contributed by atoms with van der Waals surface area (Å²) in [6.07, 6.45) is 13.9. The molecule has 0 spiro atoms. The molecule has 0 aromatic rings. The van der Waals surface area contributed by atoms with Crippen molar-refractivity contribution in [2.24, 2.45) is 5.41 Å². The fourth-order valence-corrected chi connectivity index (χ4v) is 3.88. The van der Waals surface area contributed by atoms with Gasteiger partial charge in [-0.05, 0) is 50.4 Å². The summed E-state index contributed by atoms with van der Waals surface area (Å²) in [6, 6.07) is 0. The first-order chi connectivity index (χ1) is 6.37. The molecule has 0 heterocycles. The third-order valence-corrected chi connectivity index (χ3v) is 4.25. The second-order valence-electron chi connectivity index (χ2n) is 4.55. The van der Waals surface area contributed by atoms with Crippen LogP contribution >= 0.6 is 15.9 Å². The van der Waals surface area contributed by atoms with Crippen LogP contribution in [0, 0.1) is 5.41 Å². The van der Waals surface area contributed by atoms with Crippen molar-refractivity contribution in [2.75, 3.05) is 5.33 Å². The molecule has 1 atom stereocenters. The first-order valence-electron chi connectivity index (χ1n) is 5.63. The van der Waals surface area contributed by atoms with Crippen molar-refractivity contribution < 1.29 is 0 Å². The Kier molecular flexibility index (Phi) is 3.13. The van der Waals surface area contributed by atoms with E-state index in [0.29, 0.717) is 5.41 Å². The molecule has 0 nitrogen and oxygen atoms in total. The molecular formula is C12H19Br. The van der Waals surface area contributed by atoms with E-state index in [-0.39, 0.29) is 0 Å². The van der Waals surface area contributed by atoms with Gasteiger partial charge in [0.25, 0.3) is 0 Å². The van der Waals surface area contributed by atoms with Crippen molar-refractivity contribution in [1.29, 1.82) is 0 Å². The van der Waals surface area contributed by atoms with E-state index in [2.05, 4.69) is 22.0 Å². The molecule has 1 fully saturated rings. The van der Waals surface area contributed by atoms with Gasteiger partial charge in [0.2, 0.25) is 0 Å². The molecule has 0 N–H and O–H groups in total. The zero-order valence-electron chi connectivity index (χ0n) is 8.32. The van der Waals surface area contributed by atoms with Crippen molar-refractivity contribution in [1.82, 2.24) is 0 Å². The van der Waals surface area contributed by atoms with Crippen LogP contribution in [0.25, 0.3) is 0 Å². The van der Waals surface area contributed by atoms with E-state index >= 15 is 0 Å². The van der Waals surface area contributed by atoms with Crippen LogP contribution in [0.4, 0.5) is 0 Å². The van der Waals surface area contributed by atoms with E-state index in [4.69, 9.17) is 0 Å². The van der Waals surface area contributed by atoms with Crippen LogP contribution < -0.4 is 0 Å². The number of fused-ring (bicyclic) bond motifs is 1. The number of halogens is 1. The summed E-state index contributed by atoms with van der Waals surface area (Å²) < 4.78 is 0. The van der Waals surface area contributed by atoms with Crippen molar-refractivity contribution in [3.63, 3.8) is 0 Å². The Hall–Kier alpha value is 0.220. The predicted octanol–water partition coefficient (Wildman–Crippen LogP) is 4.44. The average molecular weight is 243 g/mol. The lowest BCUT2D eigenvalue weighted by atomic mass is 9.63. The van der Waals surface area contributed by atoms with Gasteiger partial charge in [0, 0.05) is 5.33 Å². The van der Waals surface area contributed by atoms with E-state index in [1.807, 2.05) is 5.57 Å². The highest BCUT2D eigenvalue weighted by Gasteiger charge is 2.36. The molecule has 0 amide bonds. The number of alkyl halides is 1. The molecule has 0 aromatic carbocycles. The molecule has 0 aliphatic heterocycles. The van der Waals surface area contributed by atoms with Crippen LogP contribution in [-0.2, 0) is 0 Å². The summed E-state index contributed by atoms with van der Waals surface area (Å²) in [5, 5.41) is 1.18. The molecule has 0 bridgehead atoms. The monoisotopic (exact) mass is 242 g/mol. The average Bonchev–Trinajstić information content (AvgIpc) is 2.18. The number of hydrogen-bond acceptors (Lipinski definition) is 0. The molecule has 0 radical (unpaired) electrons. The lowest BCUT2D eigenvalue weighted by Gasteiger charge is -2.42. The summed E-state index contributed by atoms with van der Waals surface area (Å²) in [6.45, 7) is 0. The van der Waals surface area contributed by atoms with E-state index in [1.54, 1.807) is 0 Å². The van der Waals surface area contributed by atoms with Crippen molar-refractivity contribution in [3.05, 3.63) is 11.6 Å². The summed E-state index contributed by atoms with van der Waals surface area (Å²) in [7, 11) is 0. The van der Waals surface area contributed by atoms with E-state index in [0.717, 1.165) is 0 Å². The normalized spacial score (nSPS) is 33.8. The summed E-state index contributed by atoms with van der Waals surface area (Å²) >= 11 is 3.61. The third-order valence-electron chi connectivity index (χ3n) is 3.86. The largest absolute Gasteiger partial charge is 0.0928 e. The van der Waals surface area contributed by atoms with Crippen LogP contribution in [0.1, 0.15) is 51.4 Å². The van der Waals surface area contributed by atoms with Gasteiger partial charge in [0.05, 0.1) is 0 Å².